The van der Waals surface area contributed by atoms with Crippen molar-refractivity contribution in [3.05, 3.63) is 99.0 Å². The van der Waals surface area contributed by atoms with E-state index in [1.807, 2.05) is 48.5 Å². The van der Waals surface area contributed by atoms with Crippen LogP contribution in [-0.4, -0.2) is 61.7 Å². The molecule has 0 aromatic heterocycles. The number of methoxy groups -OCH3 is 2. The van der Waals surface area contributed by atoms with Crippen LogP contribution in [-0.2, 0) is 10.8 Å². The minimum absolute atomic E-state index is 0.0384. The molecule has 46 heavy (non-hydrogen) atoms. The van der Waals surface area contributed by atoms with Gasteiger partial charge in [0.15, 0.2) is 0 Å². The fourth-order valence-corrected chi connectivity index (χ4v) is 7.50. The smallest absolute Gasteiger partial charge is 0.255 e. The number of ether oxygens (including phenoxy) is 2. The number of nitrogens with zero attached hydrogens (tertiary/aromatic N) is 2. The highest BCUT2D eigenvalue weighted by atomic mass is 35.5. The van der Waals surface area contributed by atoms with Gasteiger partial charge in [0.2, 0.25) is 0 Å². The van der Waals surface area contributed by atoms with Crippen molar-refractivity contribution >= 4 is 50.7 Å². The third kappa shape index (κ3) is 7.50. The van der Waals surface area contributed by atoms with Gasteiger partial charge in [0.05, 0.1) is 46.2 Å². The Bertz CT molecular complexity index is 1800. The molecule has 0 radical (unpaired) electrons. The van der Waals surface area contributed by atoms with Crippen molar-refractivity contribution in [2.75, 3.05) is 46.7 Å². The number of rotatable bonds is 11. The lowest BCUT2D eigenvalue weighted by Gasteiger charge is -2.34. The van der Waals surface area contributed by atoms with E-state index in [-0.39, 0.29) is 17.6 Å². The summed E-state index contributed by atoms with van der Waals surface area (Å²) in [6, 6.07) is 22.9. The van der Waals surface area contributed by atoms with Crippen LogP contribution in [0.15, 0.2) is 71.6 Å². The number of hydrogen-bond donors (Lipinski definition) is 1. The van der Waals surface area contributed by atoms with Crippen molar-refractivity contribution in [3.8, 4) is 17.6 Å². The van der Waals surface area contributed by atoms with Gasteiger partial charge in [-0.1, -0.05) is 59.6 Å². The van der Waals surface area contributed by atoms with Gasteiger partial charge in [0.25, 0.3) is 5.91 Å². The number of fused-ring (bicyclic) bond motifs is 1. The van der Waals surface area contributed by atoms with Crippen molar-refractivity contribution in [3.63, 3.8) is 0 Å². The topological polar surface area (TPSA) is 91.7 Å². The van der Waals surface area contributed by atoms with E-state index in [9.17, 15) is 14.3 Å². The third-order valence-electron chi connectivity index (χ3n) is 8.83. The van der Waals surface area contributed by atoms with Crippen molar-refractivity contribution in [2.45, 2.75) is 36.0 Å². The van der Waals surface area contributed by atoms with E-state index in [1.54, 1.807) is 25.5 Å². The summed E-state index contributed by atoms with van der Waals surface area (Å²) in [6.45, 7) is 3.02. The van der Waals surface area contributed by atoms with Gasteiger partial charge in [-0.15, -0.1) is 0 Å². The molecule has 10 heteroatoms. The summed E-state index contributed by atoms with van der Waals surface area (Å²) in [5.74, 6) is 0.971. The molecule has 4 aromatic rings. The first-order valence-corrected chi connectivity index (χ1v) is 17.5. The summed E-state index contributed by atoms with van der Waals surface area (Å²) in [4.78, 5) is 17.1. The fraction of sp³-hybridized carbons (Fsp3) is 0.333. The fourth-order valence-electron chi connectivity index (χ4n) is 6.34. The second-order valence-electron chi connectivity index (χ2n) is 11.5. The number of carbonyl (C=O) groups excluding carboxylic acids is 1. The zero-order valence-corrected chi connectivity index (χ0v) is 28.5. The molecule has 1 aliphatic rings. The van der Waals surface area contributed by atoms with Crippen LogP contribution in [0.5, 0.6) is 11.5 Å². The van der Waals surface area contributed by atoms with E-state index in [0.717, 1.165) is 71.4 Å². The molecule has 1 aliphatic heterocycles. The van der Waals surface area contributed by atoms with Gasteiger partial charge in [-0.2, -0.15) is 5.26 Å². The largest absolute Gasteiger partial charge is 0.497 e. The first kappa shape index (κ1) is 33.7. The van der Waals surface area contributed by atoms with Gasteiger partial charge >= 0.3 is 0 Å². The monoisotopic (exact) mass is 677 g/mol. The molecular formula is C36H37Cl2N3O4S. The van der Waals surface area contributed by atoms with Gasteiger partial charge in [0, 0.05) is 23.6 Å². The Balaban J connectivity index is 1.31. The number of likely N-dealkylation sites (tertiary alicyclic amines) is 1. The van der Waals surface area contributed by atoms with Crippen molar-refractivity contribution in [1.29, 1.82) is 5.26 Å². The lowest BCUT2D eigenvalue weighted by Crippen LogP contribution is -2.36. The summed E-state index contributed by atoms with van der Waals surface area (Å²) < 4.78 is 23.4. The highest BCUT2D eigenvalue weighted by Crippen LogP contribution is 2.35. The molecule has 0 saturated carbocycles. The van der Waals surface area contributed by atoms with Crippen LogP contribution in [0, 0.1) is 11.3 Å². The minimum Gasteiger partial charge on any atom is -0.497 e. The maximum Gasteiger partial charge on any atom is 0.255 e. The van der Waals surface area contributed by atoms with E-state index >= 15 is 0 Å². The van der Waals surface area contributed by atoms with Gasteiger partial charge < -0.3 is 19.7 Å². The van der Waals surface area contributed by atoms with E-state index in [4.69, 9.17) is 32.7 Å². The molecule has 1 amide bonds. The average Bonchev–Trinajstić information content (AvgIpc) is 3.08. The molecule has 4 aromatic carbocycles. The van der Waals surface area contributed by atoms with E-state index < -0.39 is 10.8 Å². The third-order valence-corrected chi connectivity index (χ3v) is 10.5. The predicted octanol–water partition coefficient (Wildman–Crippen LogP) is 7.56. The van der Waals surface area contributed by atoms with Crippen LogP contribution in [0.2, 0.25) is 10.0 Å². The second kappa shape index (κ2) is 15.3. The Morgan fingerprint density at radius 3 is 2.48 bits per heavy atom. The minimum atomic E-state index is -1.10. The molecule has 0 aliphatic carbocycles. The highest BCUT2D eigenvalue weighted by molar-refractivity contribution is 7.84. The summed E-state index contributed by atoms with van der Waals surface area (Å²) in [5.41, 5.74) is 2.78. The number of halogens is 2. The normalized spacial score (nSPS) is 15.2. The molecule has 1 saturated heterocycles. The lowest BCUT2D eigenvalue weighted by atomic mass is 9.88. The van der Waals surface area contributed by atoms with Gasteiger partial charge in [0.1, 0.15) is 17.6 Å². The zero-order chi connectivity index (χ0) is 32.8. The van der Waals surface area contributed by atoms with Gasteiger partial charge in [-0.3, -0.25) is 9.00 Å². The Hall–Kier alpha value is -3.61. The summed E-state index contributed by atoms with van der Waals surface area (Å²) in [5, 5.41) is 15.3. The lowest BCUT2D eigenvalue weighted by molar-refractivity contribution is 0.0948. The highest BCUT2D eigenvalue weighted by Gasteiger charge is 2.26. The van der Waals surface area contributed by atoms with E-state index in [0.29, 0.717) is 33.6 Å². The van der Waals surface area contributed by atoms with Gasteiger partial charge in [-0.05, 0) is 97.0 Å². The van der Waals surface area contributed by atoms with E-state index in [1.165, 1.54) is 7.11 Å². The Labute approximate surface area is 282 Å². The summed E-state index contributed by atoms with van der Waals surface area (Å²) >= 11 is 12.7. The van der Waals surface area contributed by atoms with Crippen LogP contribution >= 0.6 is 23.2 Å². The molecule has 5 rings (SSSR count). The first-order chi connectivity index (χ1) is 22.2. The maximum absolute atomic E-state index is 13.8. The Morgan fingerprint density at radius 2 is 1.80 bits per heavy atom. The molecule has 0 spiro atoms. The molecular weight excluding hydrogens is 641 g/mol. The standard InChI is InChI=1S/C36H37Cl2N3O4S/c1-44-28-9-10-29(33(20-28)46(3)43)23-12-15-41(16-13-23)17-14-26(24-8-11-31(37)32(38)19-24)22-40-36(42)34-30-7-5-4-6-25(30)18-27(21-39)35(34)45-2/h4-11,18-20,23,26H,12-17,22H2,1-3H3,(H,40,42)/t26?,46-/m0/s1. The quantitative estimate of drug-likeness (QED) is 0.176. The number of hydrogen-bond acceptors (Lipinski definition) is 6. The molecule has 1 N–H and O–H groups in total. The second-order valence-corrected chi connectivity index (χ2v) is 13.7. The van der Waals surface area contributed by atoms with Crippen LogP contribution in [0.3, 0.4) is 0 Å². The number of benzene rings is 4. The zero-order valence-electron chi connectivity index (χ0n) is 26.1. The number of nitriles is 1. The molecule has 2 atom stereocenters. The summed E-state index contributed by atoms with van der Waals surface area (Å²) in [7, 11) is 1.99. The number of piperidine rings is 1. The predicted molar refractivity (Wildman–Crippen MR) is 185 cm³/mol. The molecule has 240 valence electrons. The summed E-state index contributed by atoms with van der Waals surface area (Å²) in [6.07, 6.45) is 4.43. The average molecular weight is 679 g/mol. The van der Waals surface area contributed by atoms with Crippen molar-refractivity contribution in [1.82, 2.24) is 10.2 Å². The SMILES string of the molecule is COc1ccc(C2CCN(CCC(CNC(=O)c3c(OC)c(C#N)cc4ccccc34)c3ccc(Cl)c(Cl)c3)CC2)c([S@](C)=O)c1. The Kier molecular flexibility index (Phi) is 11.2. The molecule has 1 heterocycles. The van der Waals surface area contributed by atoms with Crippen LogP contribution < -0.4 is 14.8 Å². The Morgan fingerprint density at radius 1 is 1.04 bits per heavy atom. The van der Waals surface area contributed by atoms with Gasteiger partial charge in [-0.25, -0.2) is 0 Å². The van der Waals surface area contributed by atoms with Crippen molar-refractivity contribution in [2.24, 2.45) is 0 Å². The van der Waals surface area contributed by atoms with E-state index in [2.05, 4.69) is 22.4 Å². The molecule has 1 fully saturated rings. The number of nitrogens with one attached hydrogen (secondary N) is 1. The van der Waals surface area contributed by atoms with Crippen molar-refractivity contribution < 1.29 is 18.5 Å². The van der Waals surface area contributed by atoms with Crippen LogP contribution in [0.4, 0.5) is 0 Å². The number of amides is 1. The first-order valence-electron chi connectivity index (χ1n) is 15.2. The molecule has 0 bridgehead atoms. The molecule has 7 nitrogen and oxygen atoms in total. The maximum atomic E-state index is 13.8. The number of carbonyl (C=O) groups is 1. The molecule has 1 unspecified atom stereocenters. The van der Waals surface area contributed by atoms with Crippen LogP contribution in [0.1, 0.15) is 58.1 Å². The van der Waals surface area contributed by atoms with Crippen LogP contribution in [0.25, 0.3) is 10.8 Å².